The van der Waals surface area contributed by atoms with Crippen molar-refractivity contribution in [3.05, 3.63) is 35.0 Å². The van der Waals surface area contributed by atoms with Gasteiger partial charge in [0.05, 0.1) is 17.8 Å². The van der Waals surface area contributed by atoms with Crippen molar-refractivity contribution >= 4 is 27.0 Å². The number of aliphatic hydroxyl groups is 1. The number of fused-ring (bicyclic) bond motifs is 1. The lowest BCUT2D eigenvalue weighted by Crippen LogP contribution is -2.42. The SMILES string of the molecule is CCn1cc(S(=O)(=O)N2CCC(Nc3ncc4cc(OC(F)F)c(=O)n([C@@H]5CCC[C@@]5(C)O)c4n3)CC2)cn1. The van der Waals surface area contributed by atoms with E-state index >= 15 is 0 Å². The van der Waals surface area contributed by atoms with Gasteiger partial charge in [-0.05, 0) is 52.0 Å². The number of aromatic nitrogens is 5. The molecule has 0 radical (unpaired) electrons. The third kappa shape index (κ3) is 5.34. The molecule has 0 spiro atoms. The smallest absolute Gasteiger partial charge is 0.387 e. The molecule has 3 aromatic heterocycles. The lowest BCUT2D eigenvalue weighted by atomic mass is 10.00. The summed E-state index contributed by atoms with van der Waals surface area (Å²) in [6.07, 6.45) is 6.84. The molecule has 0 bridgehead atoms. The Bertz CT molecular complexity index is 1520. The van der Waals surface area contributed by atoms with Crippen LogP contribution in [0, 0.1) is 0 Å². The molecule has 1 saturated heterocycles. The standard InChI is InChI=1S/C24H31F2N7O5S/c1-3-31-14-17(13-28-31)39(36,37)32-9-6-16(7-10-32)29-23-27-12-15-11-18(38-22(25)26)21(34)33(20(15)30-23)19-5-4-8-24(19,2)35/h11-14,16,19,22,35H,3-10H2,1-2H3,(H,27,29,30)/t19-,24-/m1/s1. The van der Waals surface area contributed by atoms with Gasteiger partial charge in [-0.3, -0.25) is 14.0 Å². The summed E-state index contributed by atoms with van der Waals surface area (Å²) in [5, 5.41) is 18.5. The Morgan fingerprint density at radius 3 is 2.62 bits per heavy atom. The van der Waals surface area contributed by atoms with Crippen molar-refractivity contribution in [2.75, 3.05) is 18.4 Å². The number of rotatable bonds is 8. The molecule has 1 aliphatic carbocycles. The molecular formula is C24H31F2N7O5S. The van der Waals surface area contributed by atoms with Crippen molar-refractivity contribution < 1.29 is 27.0 Å². The number of piperidine rings is 1. The average molecular weight is 568 g/mol. The minimum absolute atomic E-state index is 0.136. The highest BCUT2D eigenvalue weighted by Gasteiger charge is 2.40. The van der Waals surface area contributed by atoms with Crippen LogP contribution in [0.5, 0.6) is 5.75 Å². The quantitative estimate of drug-likeness (QED) is 0.419. The number of sulfonamides is 1. The maximum Gasteiger partial charge on any atom is 0.387 e. The maximum atomic E-state index is 13.2. The molecule has 4 heterocycles. The second-order valence-electron chi connectivity index (χ2n) is 10.2. The third-order valence-corrected chi connectivity index (χ3v) is 9.36. The summed E-state index contributed by atoms with van der Waals surface area (Å²) in [5.74, 6) is -0.330. The number of alkyl halides is 2. The van der Waals surface area contributed by atoms with Crippen molar-refractivity contribution in [1.82, 2.24) is 28.6 Å². The fourth-order valence-electron chi connectivity index (χ4n) is 5.39. The molecule has 15 heteroatoms. The zero-order valence-electron chi connectivity index (χ0n) is 21.6. The van der Waals surface area contributed by atoms with Gasteiger partial charge in [0.25, 0.3) is 5.56 Å². The first-order chi connectivity index (χ1) is 18.5. The number of pyridine rings is 1. The number of anilines is 1. The van der Waals surface area contributed by atoms with Gasteiger partial charge < -0.3 is 15.2 Å². The molecular weight excluding hydrogens is 536 g/mol. The number of nitrogens with zero attached hydrogens (tertiary/aromatic N) is 6. The lowest BCUT2D eigenvalue weighted by molar-refractivity contribution is -0.0513. The Morgan fingerprint density at radius 2 is 2.00 bits per heavy atom. The molecule has 1 aliphatic heterocycles. The Labute approximate surface area is 223 Å². The van der Waals surface area contributed by atoms with Crippen LogP contribution in [-0.2, 0) is 16.6 Å². The minimum atomic E-state index is -3.66. The fourth-order valence-corrected chi connectivity index (χ4v) is 6.82. The topological polar surface area (TPSA) is 144 Å². The minimum Gasteiger partial charge on any atom is -0.429 e. The first-order valence-corrected chi connectivity index (χ1v) is 14.3. The van der Waals surface area contributed by atoms with Crippen LogP contribution in [0.4, 0.5) is 14.7 Å². The summed E-state index contributed by atoms with van der Waals surface area (Å²) in [4.78, 5) is 22.2. The molecule has 3 aromatic rings. The van der Waals surface area contributed by atoms with Crippen LogP contribution in [0.15, 0.2) is 34.3 Å². The number of halogens is 2. The highest BCUT2D eigenvalue weighted by molar-refractivity contribution is 7.89. The molecule has 212 valence electrons. The second-order valence-corrected chi connectivity index (χ2v) is 12.1. The number of nitrogens with one attached hydrogen (secondary N) is 1. The predicted octanol–water partition coefficient (Wildman–Crippen LogP) is 2.35. The highest BCUT2D eigenvalue weighted by Crippen LogP contribution is 2.40. The van der Waals surface area contributed by atoms with Crippen LogP contribution in [0.25, 0.3) is 11.0 Å². The van der Waals surface area contributed by atoms with E-state index in [2.05, 4.69) is 25.1 Å². The van der Waals surface area contributed by atoms with Crippen LogP contribution in [0.1, 0.15) is 52.0 Å². The number of hydrogen-bond donors (Lipinski definition) is 2. The van der Waals surface area contributed by atoms with E-state index in [0.717, 1.165) is 0 Å². The number of hydrogen-bond acceptors (Lipinski definition) is 9. The summed E-state index contributed by atoms with van der Waals surface area (Å²) in [5.41, 5.74) is -1.84. The van der Waals surface area contributed by atoms with Gasteiger partial charge in [-0.15, -0.1) is 0 Å². The second kappa shape index (κ2) is 10.4. The van der Waals surface area contributed by atoms with Crippen LogP contribution >= 0.6 is 0 Å². The summed E-state index contributed by atoms with van der Waals surface area (Å²) < 4.78 is 60.7. The van der Waals surface area contributed by atoms with Gasteiger partial charge in [0, 0.05) is 43.5 Å². The van der Waals surface area contributed by atoms with Gasteiger partial charge in [-0.25, -0.2) is 13.4 Å². The van der Waals surface area contributed by atoms with E-state index in [0.29, 0.717) is 44.0 Å². The average Bonchev–Trinajstić information content (AvgIpc) is 3.51. The van der Waals surface area contributed by atoms with E-state index in [4.69, 9.17) is 0 Å². The van der Waals surface area contributed by atoms with Crippen LogP contribution < -0.4 is 15.6 Å². The highest BCUT2D eigenvalue weighted by atomic mass is 32.2. The molecule has 2 N–H and O–H groups in total. The van der Waals surface area contributed by atoms with E-state index in [1.165, 1.54) is 33.5 Å². The van der Waals surface area contributed by atoms with Gasteiger partial charge in [-0.1, -0.05) is 0 Å². The van der Waals surface area contributed by atoms with Gasteiger partial charge >= 0.3 is 6.61 Å². The molecule has 1 saturated carbocycles. The molecule has 2 aliphatic rings. The van der Waals surface area contributed by atoms with Gasteiger partial charge in [0.1, 0.15) is 10.5 Å². The zero-order valence-corrected chi connectivity index (χ0v) is 22.4. The van der Waals surface area contributed by atoms with E-state index in [1.807, 2.05) is 6.92 Å². The van der Waals surface area contributed by atoms with Gasteiger partial charge in [-0.2, -0.15) is 23.2 Å². The Hall–Kier alpha value is -3.17. The van der Waals surface area contributed by atoms with Gasteiger partial charge in [0.15, 0.2) is 5.75 Å². The van der Waals surface area contributed by atoms with Gasteiger partial charge in [0.2, 0.25) is 16.0 Å². The van der Waals surface area contributed by atoms with Crippen LogP contribution in [0.2, 0.25) is 0 Å². The zero-order chi connectivity index (χ0) is 27.9. The van der Waals surface area contributed by atoms with Crippen molar-refractivity contribution in [2.24, 2.45) is 0 Å². The lowest BCUT2D eigenvalue weighted by Gasteiger charge is -2.31. The van der Waals surface area contributed by atoms with Crippen molar-refractivity contribution in [1.29, 1.82) is 0 Å². The largest absolute Gasteiger partial charge is 0.429 e. The number of ether oxygens (including phenoxy) is 1. The monoisotopic (exact) mass is 567 g/mol. The number of aryl methyl sites for hydroxylation is 1. The first-order valence-electron chi connectivity index (χ1n) is 12.9. The summed E-state index contributed by atoms with van der Waals surface area (Å²) in [6, 6.07) is 0.364. The normalized spacial score (nSPS) is 23.1. The van der Waals surface area contributed by atoms with E-state index in [-0.39, 0.29) is 35.6 Å². The predicted molar refractivity (Wildman–Crippen MR) is 137 cm³/mol. The molecule has 0 unspecified atom stereocenters. The van der Waals surface area contributed by atoms with Crippen LogP contribution in [-0.4, -0.2) is 73.5 Å². The Balaban J connectivity index is 1.38. The fraction of sp³-hybridized carbons (Fsp3) is 0.583. The molecule has 12 nitrogen and oxygen atoms in total. The molecule has 39 heavy (non-hydrogen) atoms. The van der Waals surface area contributed by atoms with Crippen molar-refractivity contribution in [3.63, 3.8) is 0 Å². The van der Waals surface area contributed by atoms with E-state index in [9.17, 15) is 27.1 Å². The molecule has 5 rings (SSSR count). The summed E-state index contributed by atoms with van der Waals surface area (Å²) in [6.45, 7) is 1.44. The molecule has 2 atom stereocenters. The molecule has 2 fully saturated rings. The van der Waals surface area contributed by atoms with Crippen molar-refractivity contribution in [3.8, 4) is 5.75 Å². The summed E-state index contributed by atoms with van der Waals surface area (Å²) in [7, 11) is -3.66. The maximum absolute atomic E-state index is 13.2. The van der Waals surface area contributed by atoms with E-state index < -0.39 is 39.6 Å². The first kappa shape index (κ1) is 27.4. The molecule has 0 aromatic carbocycles. The van der Waals surface area contributed by atoms with Crippen LogP contribution in [0.3, 0.4) is 0 Å². The van der Waals surface area contributed by atoms with E-state index in [1.54, 1.807) is 11.6 Å². The molecule has 0 amide bonds. The third-order valence-electron chi connectivity index (χ3n) is 7.50. The Kier molecular flexibility index (Phi) is 7.33. The summed E-state index contributed by atoms with van der Waals surface area (Å²) >= 11 is 0. The van der Waals surface area contributed by atoms with Crippen molar-refractivity contribution in [2.45, 2.75) is 81.7 Å². The Morgan fingerprint density at radius 1 is 1.26 bits per heavy atom.